The van der Waals surface area contributed by atoms with Gasteiger partial charge in [-0.1, -0.05) is 0 Å². The Morgan fingerprint density at radius 1 is 1.59 bits per heavy atom. The van der Waals surface area contributed by atoms with E-state index in [2.05, 4.69) is 6.07 Å². The average molecular weight is 240 g/mol. The molecule has 1 heterocycles. The Labute approximate surface area is 102 Å². The maximum atomic E-state index is 11.8. The van der Waals surface area contributed by atoms with Crippen LogP contribution in [0.25, 0.3) is 0 Å². The largest absolute Gasteiger partial charge is 0.444 e. The SMILES string of the molecule is CC(C#N)C1CN(C(=O)OC(C)(C)C)CCO1. The molecule has 0 aromatic carbocycles. The van der Waals surface area contributed by atoms with E-state index in [0.717, 1.165) is 0 Å². The van der Waals surface area contributed by atoms with Crippen LogP contribution in [0.5, 0.6) is 0 Å². The number of morpholine rings is 1. The molecule has 17 heavy (non-hydrogen) atoms. The van der Waals surface area contributed by atoms with Crippen molar-refractivity contribution >= 4 is 6.09 Å². The quantitative estimate of drug-likeness (QED) is 0.701. The number of carbonyl (C=O) groups is 1. The van der Waals surface area contributed by atoms with Crippen molar-refractivity contribution in [3.05, 3.63) is 0 Å². The second-order valence-electron chi connectivity index (χ2n) is 5.25. The molecule has 0 aliphatic carbocycles. The van der Waals surface area contributed by atoms with Crippen LogP contribution in [0.15, 0.2) is 0 Å². The molecule has 0 bridgehead atoms. The highest BCUT2D eigenvalue weighted by molar-refractivity contribution is 5.68. The summed E-state index contributed by atoms with van der Waals surface area (Å²) in [5.41, 5.74) is -0.494. The van der Waals surface area contributed by atoms with E-state index in [1.807, 2.05) is 20.8 Å². The Bertz CT molecular complexity index is 317. The van der Waals surface area contributed by atoms with Crippen LogP contribution >= 0.6 is 0 Å². The summed E-state index contributed by atoms with van der Waals surface area (Å²) in [5, 5.41) is 8.83. The van der Waals surface area contributed by atoms with Crippen molar-refractivity contribution in [2.45, 2.75) is 39.4 Å². The van der Waals surface area contributed by atoms with Gasteiger partial charge in [0.1, 0.15) is 5.60 Å². The van der Waals surface area contributed by atoms with Crippen LogP contribution in [0.1, 0.15) is 27.7 Å². The number of rotatable bonds is 1. The number of ether oxygens (including phenoxy) is 2. The van der Waals surface area contributed by atoms with Gasteiger partial charge in [-0.05, 0) is 27.7 Å². The van der Waals surface area contributed by atoms with Gasteiger partial charge in [0.05, 0.1) is 31.2 Å². The summed E-state index contributed by atoms with van der Waals surface area (Å²) in [5.74, 6) is -0.222. The standard InChI is InChI=1S/C12H20N2O3/c1-9(7-13)10-8-14(5-6-16-10)11(15)17-12(2,3)4/h9-10H,5-6,8H2,1-4H3. The Morgan fingerprint density at radius 3 is 2.76 bits per heavy atom. The lowest BCUT2D eigenvalue weighted by molar-refractivity contribution is -0.0528. The first-order valence-corrected chi connectivity index (χ1v) is 5.82. The van der Waals surface area contributed by atoms with Gasteiger partial charge in [-0.2, -0.15) is 5.26 Å². The highest BCUT2D eigenvalue weighted by atomic mass is 16.6. The van der Waals surface area contributed by atoms with E-state index in [1.165, 1.54) is 0 Å². The third-order valence-corrected chi connectivity index (χ3v) is 2.51. The molecular formula is C12H20N2O3. The monoisotopic (exact) mass is 240 g/mol. The minimum absolute atomic E-state index is 0.221. The third kappa shape index (κ3) is 4.23. The van der Waals surface area contributed by atoms with Crippen molar-refractivity contribution in [3.8, 4) is 6.07 Å². The van der Waals surface area contributed by atoms with Crippen LogP contribution in [-0.4, -0.2) is 42.4 Å². The van der Waals surface area contributed by atoms with E-state index in [-0.39, 0.29) is 18.1 Å². The molecule has 1 aliphatic heterocycles. The van der Waals surface area contributed by atoms with Crippen molar-refractivity contribution in [3.63, 3.8) is 0 Å². The normalized spacial score (nSPS) is 22.8. The molecule has 2 atom stereocenters. The van der Waals surface area contributed by atoms with Gasteiger partial charge in [-0.25, -0.2) is 4.79 Å². The van der Waals surface area contributed by atoms with Gasteiger partial charge < -0.3 is 14.4 Å². The Kier molecular flexibility index (Phi) is 4.35. The van der Waals surface area contributed by atoms with E-state index < -0.39 is 5.60 Å². The van der Waals surface area contributed by atoms with Gasteiger partial charge in [0.25, 0.3) is 0 Å². The maximum Gasteiger partial charge on any atom is 0.410 e. The second kappa shape index (κ2) is 5.37. The lowest BCUT2D eigenvalue weighted by atomic mass is 10.1. The highest BCUT2D eigenvalue weighted by Crippen LogP contribution is 2.16. The molecule has 1 saturated heterocycles. The van der Waals surface area contributed by atoms with Gasteiger partial charge in [0, 0.05) is 6.54 Å². The number of hydrogen-bond donors (Lipinski definition) is 0. The average Bonchev–Trinajstić information content (AvgIpc) is 2.26. The van der Waals surface area contributed by atoms with Crippen LogP contribution in [-0.2, 0) is 9.47 Å². The Hall–Kier alpha value is -1.28. The zero-order chi connectivity index (χ0) is 13.1. The smallest absolute Gasteiger partial charge is 0.410 e. The molecule has 96 valence electrons. The number of amides is 1. The van der Waals surface area contributed by atoms with Crippen LogP contribution in [0.3, 0.4) is 0 Å². The second-order valence-corrected chi connectivity index (χ2v) is 5.25. The summed E-state index contributed by atoms with van der Waals surface area (Å²) in [4.78, 5) is 13.4. The molecule has 2 unspecified atom stereocenters. The molecule has 0 radical (unpaired) electrons. The zero-order valence-electron chi connectivity index (χ0n) is 10.9. The number of nitriles is 1. The topological polar surface area (TPSA) is 62.6 Å². The fraction of sp³-hybridized carbons (Fsp3) is 0.833. The van der Waals surface area contributed by atoms with Crippen LogP contribution in [0.4, 0.5) is 4.79 Å². The Balaban J connectivity index is 2.55. The van der Waals surface area contributed by atoms with E-state index in [1.54, 1.807) is 11.8 Å². The van der Waals surface area contributed by atoms with E-state index in [9.17, 15) is 4.79 Å². The van der Waals surface area contributed by atoms with E-state index in [4.69, 9.17) is 14.7 Å². The summed E-state index contributed by atoms with van der Waals surface area (Å²) in [6.07, 6.45) is -0.558. The summed E-state index contributed by atoms with van der Waals surface area (Å²) in [7, 11) is 0. The molecule has 0 N–H and O–H groups in total. The lowest BCUT2D eigenvalue weighted by Crippen LogP contribution is -2.49. The molecule has 5 heteroatoms. The number of carbonyl (C=O) groups excluding carboxylic acids is 1. The molecule has 1 amide bonds. The number of nitrogens with zero attached hydrogens (tertiary/aromatic N) is 2. The highest BCUT2D eigenvalue weighted by Gasteiger charge is 2.30. The van der Waals surface area contributed by atoms with Gasteiger partial charge in [0.15, 0.2) is 0 Å². The first-order chi connectivity index (χ1) is 7.83. The van der Waals surface area contributed by atoms with Gasteiger partial charge in [-0.3, -0.25) is 0 Å². The predicted molar refractivity (Wildman–Crippen MR) is 62.3 cm³/mol. The fourth-order valence-electron chi connectivity index (χ4n) is 1.55. The molecule has 5 nitrogen and oxygen atoms in total. The molecular weight excluding hydrogens is 220 g/mol. The van der Waals surface area contributed by atoms with Gasteiger partial charge >= 0.3 is 6.09 Å². The zero-order valence-corrected chi connectivity index (χ0v) is 10.9. The maximum absolute atomic E-state index is 11.8. The molecule has 0 aromatic rings. The van der Waals surface area contributed by atoms with Crippen LogP contribution in [0, 0.1) is 17.2 Å². The summed E-state index contributed by atoms with van der Waals surface area (Å²) in [6, 6.07) is 2.14. The molecule has 0 saturated carbocycles. The summed E-state index contributed by atoms with van der Waals surface area (Å²) in [6.45, 7) is 8.69. The molecule has 1 fully saturated rings. The lowest BCUT2D eigenvalue weighted by Gasteiger charge is -2.35. The minimum atomic E-state index is -0.494. The van der Waals surface area contributed by atoms with Crippen LogP contribution < -0.4 is 0 Å². The first-order valence-electron chi connectivity index (χ1n) is 5.82. The van der Waals surface area contributed by atoms with Crippen molar-refractivity contribution in [1.29, 1.82) is 5.26 Å². The van der Waals surface area contributed by atoms with Crippen molar-refractivity contribution in [2.75, 3.05) is 19.7 Å². The number of hydrogen-bond acceptors (Lipinski definition) is 4. The molecule has 0 spiro atoms. The fourth-order valence-corrected chi connectivity index (χ4v) is 1.55. The van der Waals surface area contributed by atoms with E-state index >= 15 is 0 Å². The Morgan fingerprint density at radius 2 is 2.24 bits per heavy atom. The first kappa shape index (κ1) is 13.8. The van der Waals surface area contributed by atoms with Gasteiger partial charge in [-0.15, -0.1) is 0 Å². The molecule has 0 aromatic heterocycles. The summed E-state index contributed by atoms with van der Waals surface area (Å²) < 4.78 is 10.8. The molecule has 1 rings (SSSR count). The van der Waals surface area contributed by atoms with Crippen molar-refractivity contribution in [2.24, 2.45) is 5.92 Å². The summed E-state index contributed by atoms with van der Waals surface area (Å²) >= 11 is 0. The van der Waals surface area contributed by atoms with Crippen molar-refractivity contribution in [1.82, 2.24) is 4.90 Å². The van der Waals surface area contributed by atoms with E-state index in [0.29, 0.717) is 19.7 Å². The minimum Gasteiger partial charge on any atom is -0.444 e. The van der Waals surface area contributed by atoms with Gasteiger partial charge in [0.2, 0.25) is 0 Å². The predicted octanol–water partition coefficient (Wildman–Crippen LogP) is 1.78. The molecule has 1 aliphatic rings. The van der Waals surface area contributed by atoms with Crippen LogP contribution in [0.2, 0.25) is 0 Å². The third-order valence-electron chi connectivity index (χ3n) is 2.51. The van der Waals surface area contributed by atoms with Crippen molar-refractivity contribution < 1.29 is 14.3 Å².